The molecular weight excluding hydrogens is 372 g/mol. The molecule has 0 fully saturated rings. The quantitative estimate of drug-likeness (QED) is 0.602. The van der Waals surface area contributed by atoms with Gasteiger partial charge in [-0.3, -0.25) is 19.3 Å². The number of anilines is 2. The van der Waals surface area contributed by atoms with E-state index < -0.39 is 5.69 Å². The molecule has 2 N–H and O–H groups in total. The first kappa shape index (κ1) is 18.6. The molecule has 0 aliphatic heterocycles. The van der Waals surface area contributed by atoms with E-state index in [0.717, 1.165) is 29.8 Å². The number of thioether (sulfide) groups is 1. The van der Waals surface area contributed by atoms with Crippen LogP contribution in [0.15, 0.2) is 58.4 Å². The largest absolute Gasteiger partial charge is 0.342 e. The van der Waals surface area contributed by atoms with Crippen LogP contribution < -0.4 is 16.6 Å². The van der Waals surface area contributed by atoms with E-state index in [1.807, 2.05) is 24.4 Å². The van der Waals surface area contributed by atoms with Gasteiger partial charge in [-0.25, -0.2) is 4.79 Å². The van der Waals surface area contributed by atoms with Crippen LogP contribution in [0.25, 0.3) is 0 Å². The first-order valence-corrected chi connectivity index (χ1v) is 10.5. The maximum Gasteiger partial charge on any atom is 0.329 e. The van der Waals surface area contributed by atoms with Gasteiger partial charge in [-0.15, -0.1) is 0 Å². The van der Waals surface area contributed by atoms with Crippen molar-refractivity contribution in [2.24, 2.45) is 0 Å². The summed E-state index contributed by atoms with van der Waals surface area (Å²) in [5.41, 5.74) is 4.06. The molecule has 0 bridgehead atoms. The average molecular weight is 395 g/mol. The zero-order chi connectivity index (χ0) is 19.3. The number of nitrogens with one attached hydrogen (secondary N) is 2. The van der Waals surface area contributed by atoms with Gasteiger partial charge >= 0.3 is 5.69 Å². The van der Waals surface area contributed by atoms with Gasteiger partial charge in [-0.05, 0) is 54.2 Å². The van der Waals surface area contributed by atoms with Crippen molar-refractivity contribution >= 4 is 23.3 Å². The van der Waals surface area contributed by atoms with Crippen molar-refractivity contribution in [2.45, 2.75) is 31.6 Å². The molecule has 0 spiro atoms. The highest BCUT2D eigenvalue weighted by Gasteiger charge is 2.11. The van der Waals surface area contributed by atoms with Crippen LogP contribution in [0.1, 0.15) is 23.1 Å². The Balaban J connectivity index is 1.39. The molecular formula is C21H22N4O2S. The third-order valence-corrected chi connectivity index (χ3v) is 5.86. The zero-order valence-electron chi connectivity index (χ0n) is 15.5. The summed E-state index contributed by atoms with van der Waals surface area (Å²) in [6.45, 7) is 0.373. The topological polar surface area (TPSA) is 79.8 Å². The first-order valence-electron chi connectivity index (χ1n) is 9.39. The molecule has 1 aliphatic rings. The van der Waals surface area contributed by atoms with Crippen LogP contribution in [0.5, 0.6) is 0 Å². The summed E-state index contributed by atoms with van der Waals surface area (Å²) in [6, 6.07) is 11.6. The Hall–Kier alpha value is -2.80. The minimum Gasteiger partial charge on any atom is -0.342 e. The Morgan fingerprint density at radius 3 is 2.86 bits per heavy atom. The van der Waals surface area contributed by atoms with Crippen LogP contribution in [-0.4, -0.2) is 20.3 Å². The van der Waals surface area contributed by atoms with Crippen molar-refractivity contribution in [3.63, 3.8) is 0 Å². The first-order chi connectivity index (χ1) is 13.7. The van der Waals surface area contributed by atoms with Crippen molar-refractivity contribution in [1.82, 2.24) is 14.5 Å². The highest BCUT2D eigenvalue weighted by molar-refractivity contribution is 7.98. The molecule has 1 aliphatic carbocycles. The number of hydrogen-bond acceptors (Lipinski definition) is 5. The van der Waals surface area contributed by atoms with Crippen LogP contribution in [0, 0.1) is 0 Å². The summed E-state index contributed by atoms with van der Waals surface area (Å²) in [7, 11) is 0. The lowest BCUT2D eigenvalue weighted by Crippen LogP contribution is -2.35. The molecule has 2 heterocycles. The third kappa shape index (κ3) is 4.36. The van der Waals surface area contributed by atoms with E-state index in [0.29, 0.717) is 18.1 Å². The number of aromatic nitrogens is 3. The molecule has 6 nitrogen and oxygen atoms in total. The fourth-order valence-corrected chi connectivity index (χ4v) is 4.30. The summed E-state index contributed by atoms with van der Waals surface area (Å²) >= 11 is 1.67. The zero-order valence-corrected chi connectivity index (χ0v) is 16.3. The van der Waals surface area contributed by atoms with Crippen LogP contribution in [0.3, 0.4) is 0 Å². The van der Waals surface area contributed by atoms with Gasteiger partial charge in [-0.2, -0.15) is 11.8 Å². The number of rotatable bonds is 7. The van der Waals surface area contributed by atoms with Crippen molar-refractivity contribution in [2.75, 3.05) is 11.1 Å². The minimum atomic E-state index is -0.391. The smallest absolute Gasteiger partial charge is 0.329 e. The normalized spacial score (nSPS) is 12.7. The van der Waals surface area contributed by atoms with Gasteiger partial charge in [0, 0.05) is 42.2 Å². The highest BCUT2D eigenvalue weighted by atomic mass is 32.2. The van der Waals surface area contributed by atoms with Crippen molar-refractivity contribution in [1.29, 1.82) is 0 Å². The molecule has 4 rings (SSSR count). The number of H-pyrrole nitrogens is 1. The lowest BCUT2D eigenvalue weighted by molar-refractivity contribution is 0.681. The number of benzene rings is 1. The predicted molar refractivity (Wildman–Crippen MR) is 113 cm³/mol. The van der Waals surface area contributed by atoms with E-state index in [1.54, 1.807) is 18.0 Å². The Morgan fingerprint density at radius 2 is 2.04 bits per heavy atom. The van der Waals surface area contributed by atoms with Crippen molar-refractivity contribution < 1.29 is 0 Å². The molecule has 0 atom stereocenters. The Morgan fingerprint density at radius 1 is 1.14 bits per heavy atom. The van der Waals surface area contributed by atoms with E-state index in [-0.39, 0.29) is 5.56 Å². The second-order valence-corrected chi connectivity index (χ2v) is 7.96. The monoisotopic (exact) mass is 394 g/mol. The second-order valence-electron chi connectivity index (χ2n) is 6.85. The fourth-order valence-electron chi connectivity index (χ4n) is 3.43. The minimum absolute atomic E-state index is 0.297. The van der Waals surface area contributed by atoms with Crippen LogP contribution in [-0.2, 0) is 25.1 Å². The predicted octanol–water partition coefficient (Wildman–Crippen LogP) is 3.10. The number of nitrogens with zero attached hydrogens (tertiary/aromatic N) is 2. The SMILES string of the molecule is O=c1cc(Nc2ccc3c(c2)CCC3)[nH]c(=O)n1CCSCc1cccnc1. The van der Waals surface area contributed by atoms with Crippen LogP contribution in [0.2, 0.25) is 0 Å². The standard InChI is InChI=1S/C21H22N4O2S/c26-20-12-19(23-18-7-6-16-4-1-5-17(16)11-18)24-21(27)25(20)9-10-28-14-15-3-2-8-22-13-15/h2-3,6-8,11-13,23H,1,4-5,9-10,14H2,(H,24,27). The molecule has 0 radical (unpaired) electrons. The number of aromatic amines is 1. The molecule has 144 valence electrons. The van der Waals surface area contributed by atoms with Crippen LogP contribution in [0.4, 0.5) is 11.5 Å². The van der Waals surface area contributed by atoms with Crippen molar-refractivity contribution in [3.8, 4) is 0 Å². The molecule has 0 saturated carbocycles. The third-order valence-electron chi connectivity index (χ3n) is 4.85. The van der Waals surface area contributed by atoms with Gasteiger partial charge in [0.2, 0.25) is 0 Å². The molecule has 0 amide bonds. The molecule has 0 saturated heterocycles. The lowest BCUT2D eigenvalue weighted by atomic mass is 10.1. The molecule has 28 heavy (non-hydrogen) atoms. The van der Waals surface area contributed by atoms with E-state index in [2.05, 4.69) is 27.4 Å². The van der Waals surface area contributed by atoms with Gasteiger partial charge in [0.05, 0.1) is 0 Å². The molecule has 1 aromatic carbocycles. The van der Waals surface area contributed by atoms with Gasteiger partial charge in [0.1, 0.15) is 5.82 Å². The highest BCUT2D eigenvalue weighted by Crippen LogP contribution is 2.25. The van der Waals surface area contributed by atoms with Gasteiger partial charge in [0.15, 0.2) is 0 Å². The number of fused-ring (bicyclic) bond motifs is 1. The maximum atomic E-state index is 12.4. The van der Waals surface area contributed by atoms with Gasteiger partial charge < -0.3 is 5.32 Å². The van der Waals surface area contributed by atoms with Gasteiger partial charge in [-0.1, -0.05) is 12.1 Å². The summed E-state index contributed by atoms with van der Waals surface area (Å²) in [4.78, 5) is 31.6. The maximum absolute atomic E-state index is 12.4. The Bertz CT molecular complexity index is 1040. The molecule has 7 heteroatoms. The molecule has 0 unspecified atom stereocenters. The number of aryl methyl sites for hydroxylation is 2. The summed E-state index contributed by atoms with van der Waals surface area (Å²) in [5, 5.41) is 3.15. The Labute approximate surface area is 167 Å². The fraction of sp³-hybridized carbons (Fsp3) is 0.286. The lowest BCUT2D eigenvalue weighted by Gasteiger charge is -2.10. The van der Waals surface area contributed by atoms with E-state index >= 15 is 0 Å². The average Bonchev–Trinajstić information content (AvgIpc) is 3.15. The summed E-state index contributed by atoms with van der Waals surface area (Å²) < 4.78 is 1.24. The van der Waals surface area contributed by atoms with Crippen molar-refractivity contribution in [3.05, 3.63) is 86.3 Å². The Kier molecular flexibility index (Phi) is 5.62. The second kappa shape index (κ2) is 8.48. The molecule has 3 aromatic rings. The summed E-state index contributed by atoms with van der Waals surface area (Å²) in [6.07, 6.45) is 6.96. The summed E-state index contributed by atoms with van der Waals surface area (Å²) in [5.74, 6) is 1.90. The number of hydrogen-bond donors (Lipinski definition) is 2. The van der Waals surface area contributed by atoms with E-state index in [9.17, 15) is 9.59 Å². The van der Waals surface area contributed by atoms with E-state index in [4.69, 9.17) is 0 Å². The van der Waals surface area contributed by atoms with Crippen LogP contribution >= 0.6 is 11.8 Å². The molecule has 2 aromatic heterocycles. The van der Waals surface area contributed by atoms with E-state index in [1.165, 1.54) is 28.2 Å². The van der Waals surface area contributed by atoms with Gasteiger partial charge in [0.25, 0.3) is 5.56 Å². The number of pyridine rings is 1.